The van der Waals surface area contributed by atoms with Gasteiger partial charge in [0.15, 0.2) is 5.96 Å². The summed E-state index contributed by atoms with van der Waals surface area (Å²) >= 11 is 0. The van der Waals surface area contributed by atoms with Crippen LogP contribution >= 0.6 is 0 Å². The number of nitrogens with one attached hydrogen (secondary N) is 1. The summed E-state index contributed by atoms with van der Waals surface area (Å²) in [5, 5.41) is 11.4. The third-order valence-corrected chi connectivity index (χ3v) is 5.11. The van der Waals surface area contributed by atoms with Gasteiger partial charge in [0.2, 0.25) is 0 Å². The molecule has 0 amide bonds. The van der Waals surface area contributed by atoms with Gasteiger partial charge in [-0.15, -0.1) is 5.10 Å². The molecule has 8 nitrogen and oxygen atoms in total. The molecule has 3 rings (SSSR count). The number of carbonyl (C=O) groups excluding carboxylic acids is 1. The number of hydrogen-bond donors (Lipinski definition) is 1. The highest BCUT2D eigenvalue weighted by Gasteiger charge is 2.35. The predicted octanol–water partition coefficient (Wildman–Crippen LogP) is 1.04. The Morgan fingerprint density at radius 2 is 2.08 bits per heavy atom. The normalized spacial score (nSPS) is 23.4. The molecule has 1 saturated carbocycles. The number of likely N-dealkylation sites (tertiary alicyclic amines) is 1. The van der Waals surface area contributed by atoms with E-state index in [-0.39, 0.29) is 12.5 Å². The van der Waals surface area contributed by atoms with Crippen molar-refractivity contribution in [3.8, 4) is 0 Å². The van der Waals surface area contributed by atoms with E-state index in [0.717, 1.165) is 43.1 Å². The fourth-order valence-electron chi connectivity index (χ4n) is 3.85. The topological polar surface area (TPSA) is 84.6 Å². The zero-order valence-electron chi connectivity index (χ0n) is 15.1. The Balaban J connectivity index is 1.61. The lowest BCUT2D eigenvalue weighted by molar-refractivity contribution is -0.141. The number of ether oxygens (including phenoxy) is 1. The molecule has 2 aliphatic rings. The maximum atomic E-state index is 11.3. The lowest BCUT2D eigenvalue weighted by atomic mass is 9.82. The van der Waals surface area contributed by atoms with Gasteiger partial charge in [0, 0.05) is 19.6 Å². The lowest BCUT2D eigenvalue weighted by Gasteiger charge is -2.22. The summed E-state index contributed by atoms with van der Waals surface area (Å²) in [4.78, 5) is 18.4. The predicted molar refractivity (Wildman–Crippen MR) is 93.9 cm³/mol. The van der Waals surface area contributed by atoms with Gasteiger partial charge in [-0.3, -0.25) is 4.79 Å². The summed E-state index contributed by atoms with van der Waals surface area (Å²) in [5.41, 5.74) is 0.746. The number of rotatable bonds is 5. The zero-order chi connectivity index (χ0) is 17.6. The van der Waals surface area contributed by atoms with Crippen LogP contribution in [0.3, 0.4) is 0 Å². The van der Waals surface area contributed by atoms with Crippen LogP contribution in [-0.2, 0) is 22.6 Å². The molecule has 2 unspecified atom stereocenters. The van der Waals surface area contributed by atoms with E-state index in [4.69, 9.17) is 4.99 Å². The van der Waals surface area contributed by atoms with Crippen molar-refractivity contribution in [2.24, 2.45) is 16.8 Å². The molecule has 1 saturated heterocycles. The lowest BCUT2D eigenvalue weighted by Crippen LogP contribution is -2.40. The van der Waals surface area contributed by atoms with Crippen LogP contribution in [0.1, 0.15) is 38.3 Å². The van der Waals surface area contributed by atoms with Crippen LogP contribution in [-0.4, -0.2) is 58.6 Å². The van der Waals surface area contributed by atoms with Crippen molar-refractivity contribution in [1.82, 2.24) is 25.2 Å². The van der Waals surface area contributed by atoms with Crippen LogP contribution in [0.2, 0.25) is 0 Å². The molecule has 0 radical (unpaired) electrons. The first-order chi connectivity index (χ1) is 12.2. The van der Waals surface area contributed by atoms with E-state index in [1.807, 2.05) is 0 Å². The molecule has 1 N–H and O–H groups in total. The molecule has 1 aromatic rings. The van der Waals surface area contributed by atoms with Crippen molar-refractivity contribution in [2.75, 3.05) is 26.7 Å². The molecule has 2 heterocycles. The van der Waals surface area contributed by atoms with Crippen molar-refractivity contribution in [3.05, 3.63) is 11.9 Å². The number of guanidine groups is 1. The minimum atomic E-state index is -0.340. The van der Waals surface area contributed by atoms with Crippen molar-refractivity contribution in [2.45, 2.75) is 45.7 Å². The second-order valence-corrected chi connectivity index (χ2v) is 6.86. The standard InChI is InChI=1S/C17H28N6O2/c1-3-18-17(22-9-13-6-4-5-7-14(13)10-22)19-8-15-11-23(21-20-15)12-16(24)25-2/h11,13-14H,3-10,12H2,1-2H3,(H,18,19). The quantitative estimate of drug-likeness (QED) is 0.486. The molecule has 1 aromatic heterocycles. The fraction of sp³-hybridized carbons (Fsp3) is 0.765. The first-order valence-corrected chi connectivity index (χ1v) is 9.18. The van der Waals surface area contributed by atoms with Gasteiger partial charge in [-0.2, -0.15) is 0 Å². The Kier molecular flexibility index (Phi) is 5.88. The smallest absolute Gasteiger partial charge is 0.327 e. The Morgan fingerprint density at radius 3 is 2.72 bits per heavy atom. The van der Waals surface area contributed by atoms with Gasteiger partial charge in [0.1, 0.15) is 12.2 Å². The Hall–Kier alpha value is -2.12. The fourth-order valence-corrected chi connectivity index (χ4v) is 3.85. The van der Waals surface area contributed by atoms with Gasteiger partial charge in [0.25, 0.3) is 0 Å². The SMILES string of the molecule is CCNC(=NCc1cn(CC(=O)OC)nn1)N1CC2CCCCC2C1. The van der Waals surface area contributed by atoms with Gasteiger partial charge in [-0.1, -0.05) is 18.1 Å². The second-order valence-electron chi connectivity index (χ2n) is 6.86. The number of methoxy groups -OCH3 is 1. The summed E-state index contributed by atoms with van der Waals surface area (Å²) in [6, 6.07) is 0. The number of aromatic nitrogens is 3. The highest BCUT2D eigenvalue weighted by atomic mass is 16.5. The molecule has 1 aliphatic heterocycles. The minimum Gasteiger partial charge on any atom is -0.468 e. The second kappa shape index (κ2) is 8.31. The molecule has 1 aliphatic carbocycles. The third kappa shape index (κ3) is 4.49. The monoisotopic (exact) mass is 348 g/mol. The first kappa shape index (κ1) is 17.7. The number of carbonyl (C=O) groups is 1. The van der Waals surface area contributed by atoms with Crippen molar-refractivity contribution in [3.63, 3.8) is 0 Å². The van der Waals surface area contributed by atoms with E-state index >= 15 is 0 Å². The van der Waals surface area contributed by atoms with Gasteiger partial charge in [-0.05, 0) is 31.6 Å². The van der Waals surface area contributed by atoms with Crippen molar-refractivity contribution in [1.29, 1.82) is 0 Å². The average Bonchev–Trinajstić information content (AvgIpc) is 3.24. The van der Waals surface area contributed by atoms with E-state index in [1.54, 1.807) is 6.20 Å². The highest BCUT2D eigenvalue weighted by Crippen LogP contribution is 2.35. The minimum absolute atomic E-state index is 0.0722. The summed E-state index contributed by atoms with van der Waals surface area (Å²) in [6.07, 6.45) is 7.18. The van der Waals surface area contributed by atoms with Gasteiger partial charge in [-0.25, -0.2) is 9.67 Å². The van der Waals surface area contributed by atoms with Crippen molar-refractivity contribution < 1.29 is 9.53 Å². The Labute approximate surface area is 148 Å². The average molecular weight is 348 g/mol. The van der Waals surface area contributed by atoms with Crippen molar-refractivity contribution >= 4 is 11.9 Å². The van der Waals surface area contributed by atoms with Crippen LogP contribution in [0, 0.1) is 11.8 Å². The van der Waals surface area contributed by atoms with Gasteiger partial charge < -0.3 is 15.0 Å². The van der Waals surface area contributed by atoms with Gasteiger partial charge in [0.05, 0.1) is 19.9 Å². The molecular formula is C17H28N6O2. The van der Waals surface area contributed by atoms with Crippen LogP contribution < -0.4 is 5.32 Å². The number of esters is 1. The Bertz CT molecular complexity index is 600. The summed E-state index contributed by atoms with van der Waals surface area (Å²) < 4.78 is 6.12. The summed E-state index contributed by atoms with van der Waals surface area (Å²) in [6.45, 7) is 5.67. The van der Waals surface area contributed by atoms with Gasteiger partial charge >= 0.3 is 5.97 Å². The number of nitrogens with zero attached hydrogens (tertiary/aromatic N) is 5. The molecule has 0 aromatic carbocycles. The van der Waals surface area contributed by atoms with E-state index in [9.17, 15) is 4.79 Å². The zero-order valence-corrected chi connectivity index (χ0v) is 15.1. The largest absolute Gasteiger partial charge is 0.468 e. The summed E-state index contributed by atoms with van der Waals surface area (Å²) in [5.74, 6) is 2.25. The van der Waals surface area contributed by atoms with Crippen LogP contribution in [0.15, 0.2) is 11.2 Å². The molecule has 2 atom stereocenters. The molecule has 0 spiro atoms. The van der Waals surface area contributed by atoms with Crippen LogP contribution in [0.25, 0.3) is 0 Å². The third-order valence-electron chi connectivity index (χ3n) is 5.11. The van der Waals surface area contributed by atoms with Crippen LogP contribution in [0.4, 0.5) is 0 Å². The molecule has 0 bridgehead atoms. The van der Waals surface area contributed by atoms with E-state index in [2.05, 4.69) is 32.2 Å². The van der Waals surface area contributed by atoms with Crippen LogP contribution in [0.5, 0.6) is 0 Å². The first-order valence-electron chi connectivity index (χ1n) is 9.18. The highest BCUT2D eigenvalue weighted by molar-refractivity contribution is 5.80. The number of aliphatic imine (C=N–C) groups is 1. The maximum Gasteiger partial charge on any atom is 0.327 e. The molecule has 2 fully saturated rings. The maximum absolute atomic E-state index is 11.3. The van der Waals surface area contributed by atoms with E-state index in [0.29, 0.717) is 6.54 Å². The Morgan fingerprint density at radius 1 is 1.36 bits per heavy atom. The molecule has 138 valence electrons. The molecular weight excluding hydrogens is 320 g/mol. The molecule has 8 heteroatoms. The number of hydrogen-bond acceptors (Lipinski definition) is 5. The summed E-state index contributed by atoms with van der Waals surface area (Å²) in [7, 11) is 1.36. The van der Waals surface area contributed by atoms with E-state index in [1.165, 1.54) is 37.5 Å². The molecule has 25 heavy (non-hydrogen) atoms. The van der Waals surface area contributed by atoms with E-state index < -0.39 is 0 Å². The number of fused-ring (bicyclic) bond motifs is 1.